The lowest BCUT2D eigenvalue weighted by molar-refractivity contribution is 0.1000. The largest absolute Gasteiger partial charge is 0.439 e. The van der Waals surface area contributed by atoms with Gasteiger partial charge in [-0.05, 0) is 61.0 Å². The van der Waals surface area contributed by atoms with E-state index in [1.54, 1.807) is 24.3 Å². The van der Waals surface area contributed by atoms with Gasteiger partial charge >= 0.3 is 0 Å². The molecule has 2 aromatic heterocycles. The molecule has 3 N–H and O–H groups in total. The van der Waals surface area contributed by atoms with Crippen LogP contribution in [0.15, 0.2) is 71.4 Å². The first-order valence-electron chi connectivity index (χ1n) is 9.89. The second-order valence-electron chi connectivity index (χ2n) is 6.94. The monoisotopic (exact) mass is 449 g/mol. The quantitative estimate of drug-likeness (QED) is 0.371. The molecule has 0 fully saturated rings. The molecule has 1 amide bonds. The minimum absolute atomic E-state index is 0.335. The Labute approximate surface area is 189 Å². The Kier molecular flexibility index (Phi) is 6.74. The lowest BCUT2D eigenvalue weighted by Crippen LogP contribution is -2.16. The van der Waals surface area contributed by atoms with E-state index in [4.69, 9.17) is 26.6 Å². The summed E-state index contributed by atoms with van der Waals surface area (Å²) in [5.74, 6) is 1.58. The lowest BCUT2D eigenvalue weighted by Gasteiger charge is -2.07. The molecule has 0 atom stereocenters. The van der Waals surface area contributed by atoms with Crippen molar-refractivity contribution < 1.29 is 14.1 Å². The van der Waals surface area contributed by atoms with E-state index in [0.29, 0.717) is 40.5 Å². The lowest BCUT2D eigenvalue weighted by atomic mass is 10.1. The average molecular weight is 450 g/mol. The highest BCUT2D eigenvalue weighted by Crippen LogP contribution is 2.20. The third-order valence-corrected chi connectivity index (χ3v) is 4.86. The van der Waals surface area contributed by atoms with Crippen molar-refractivity contribution >= 4 is 17.5 Å². The number of amides is 1. The topological polar surface area (TPSA) is 116 Å². The highest BCUT2D eigenvalue weighted by molar-refractivity contribution is 6.30. The first-order chi connectivity index (χ1) is 15.6. The molecule has 2 aromatic carbocycles. The van der Waals surface area contributed by atoms with Crippen molar-refractivity contribution in [2.24, 2.45) is 5.73 Å². The number of halogens is 1. The Morgan fingerprint density at radius 1 is 1.06 bits per heavy atom. The third kappa shape index (κ3) is 5.69. The van der Waals surface area contributed by atoms with Crippen molar-refractivity contribution in [3.05, 3.63) is 88.9 Å². The molecule has 162 valence electrons. The summed E-state index contributed by atoms with van der Waals surface area (Å²) in [6.07, 6.45) is 2.21. The summed E-state index contributed by atoms with van der Waals surface area (Å²) >= 11 is 5.90. The van der Waals surface area contributed by atoms with Gasteiger partial charge in [0.1, 0.15) is 5.75 Å². The molecule has 4 aromatic rings. The number of carbonyl (C=O) groups is 1. The van der Waals surface area contributed by atoms with Crippen molar-refractivity contribution in [2.45, 2.75) is 13.0 Å². The number of rotatable bonds is 9. The summed E-state index contributed by atoms with van der Waals surface area (Å²) in [7, 11) is 0. The van der Waals surface area contributed by atoms with Crippen LogP contribution in [0, 0.1) is 0 Å². The molecule has 0 spiro atoms. The van der Waals surface area contributed by atoms with Crippen LogP contribution in [0.4, 0.5) is 0 Å². The zero-order valence-electron chi connectivity index (χ0n) is 17.0. The number of nitrogens with two attached hydrogens (primary N) is 1. The smallest absolute Gasteiger partial charge is 0.250 e. The first kappa shape index (κ1) is 21.5. The van der Waals surface area contributed by atoms with E-state index >= 15 is 0 Å². The Morgan fingerprint density at radius 2 is 1.84 bits per heavy atom. The van der Waals surface area contributed by atoms with Gasteiger partial charge in [-0.3, -0.25) is 4.79 Å². The zero-order chi connectivity index (χ0) is 22.3. The summed E-state index contributed by atoms with van der Waals surface area (Å²) in [4.78, 5) is 19.6. The van der Waals surface area contributed by atoms with Crippen LogP contribution in [0.1, 0.15) is 21.8 Å². The molecule has 2 heterocycles. The Bertz CT molecular complexity index is 1180. The van der Waals surface area contributed by atoms with Gasteiger partial charge in [0, 0.05) is 22.8 Å². The fourth-order valence-electron chi connectivity index (χ4n) is 2.90. The van der Waals surface area contributed by atoms with Crippen LogP contribution in [0.25, 0.3) is 11.4 Å². The molecule has 0 saturated heterocycles. The number of carbonyl (C=O) groups excluding carboxylic acids is 1. The molecule has 9 heteroatoms. The van der Waals surface area contributed by atoms with Gasteiger partial charge in [0.05, 0.1) is 12.1 Å². The standard InChI is InChI=1S/C23H20ClN5O3/c24-18-6-3-16(4-7-18)23-28-21(32-29-23)14-26-12-11-15-1-8-19(9-2-15)31-20-10-5-17(13-27-20)22(25)30/h1-10,13,26H,11-12,14H2,(H2,25,30). The SMILES string of the molecule is NC(=O)c1ccc(Oc2ccc(CCNCc3nc(-c4ccc(Cl)cc4)no3)cc2)nc1. The summed E-state index contributed by atoms with van der Waals surface area (Å²) < 4.78 is 11.0. The van der Waals surface area contributed by atoms with Gasteiger partial charge in [-0.2, -0.15) is 4.98 Å². The van der Waals surface area contributed by atoms with Crippen molar-refractivity contribution in [3.63, 3.8) is 0 Å². The van der Waals surface area contributed by atoms with Gasteiger partial charge in [-0.15, -0.1) is 0 Å². The van der Waals surface area contributed by atoms with E-state index in [1.165, 1.54) is 6.20 Å². The van der Waals surface area contributed by atoms with E-state index in [1.807, 2.05) is 36.4 Å². The predicted molar refractivity (Wildman–Crippen MR) is 119 cm³/mol. The Balaban J connectivity index is 1.22. The maximum atomic E-state index is 11.1. The molecular weight excluding hydrogens is 430 g/mol. The van der Waals surface area contributed by atoms with Crippen molar-refractivity contribution in [3.8, 4) is 23.0 Å². The van der Waals surface area contributed by atoms with E-state index in [-0.39, 0.29) is 0 Å². The minimum atomic E-state index is -0.525. The number of hydrogen-bond acceptors (Lipinski definition) is 7. The fraction of sp³-hybridized carbons (Fsp3) is 0.130. The predicted octanol–water partition coefficient (Wildman–Crippen LogP) is 4.01. The molecule has 0 bridgehead atoms. The van der Waals surface area contributed by atoms with E-state index in [9.17, 15) is 4.79 Å². The number of nitrogens with zero attached hydrogens (tertiary/aromatic N) is 3. The van der Waals surface area contributed by atoms with Gasteiger partial charge in [0.25, 0.3) is 0 Å². The number of primary amides is 1. The first-order valence-corrected chi connectivity index (χ1v) is 10.3. The maximum Gasteiger partial charge on any atom is 0.250 e. The highest BCUT2D eigenvalue weighted by Gasteiger charge is 2.08. The molecule has 0 saturated carbocycles. The molecular formula is C23H20ClN5O3. The van der Waals surface area contributed by atoms with Crippen LogP contribution in [0.3, 0.4) is 0 Å². The van der Waals surface area contributed by atoms with Gasteiger partial charge in [-0.25, -0.2) is 4.98 Å². The third-order valence-electron chi connectivity index (χ3n) is 4.60. The molecule has 0 radical (unpaired) electrons. The number of hydrogen-bond donors (Lipinski definition) is 2. The molecule has 32 heavy (non-hydrogen) atoms. The van der Waals surface area contributed by atoms with E-state index in [2.05, 4.69) is 20.4 Å². The van der Waals surface area contributed by atoms with Crippen LogP contribution >= 0.6 is 11.6 Å². The number of nitrogens with one attached hydrogen (secondary N) is 1. The van der Waals surface area contributed by atoms with Gasteiger partial charge in [0.15, 0.2) is 0 Å². The normalized spacial score (nSPS) is 10.8. The van der Waals surface area contributed by atoms with Crippen LogP contribution in [-0.2, 0) is 13.0 Å². The average Bonchev–Trinajstić information content (AvgIpc) is 3.28. The maximum absolute atomic E-state index is 11.1. The van der Waals surface area contributed by atoms with Crippen LogP contribution in [0.2, 0.25) is 5.02 Å². The molecule has 4 rings (SSSR count). The van der Waals surface area contributed by atoms with E-state index < -0.39 is 5.91 Å². The van der Waals surface area contributed by atoms with Gasteiger partial charge in [0.2, 0.25) is 23.5 Å². The molecule has 8 nitrogen and oxygen atoms in total. The number of pyridine rings is 1. The molecule has 0 aliphatic heterocycles. The summed E-state index contributed by atoms with van der Waals surface area (Å²) in [5, 5.41) is 7.96. The second kappa shape index (κ2) is 10.0. The van der Waals surface area contributed by atoms with Crippen molar-refractivity contribution in [2.75, 3.05) is 6.54 Å². The minimum Gasteiger partial charge on any atom is -0.439 e. The molecule has 0 unspecified atom stereocenters. The van der Waals surface area contributed by atoms with Gasteiger partial charge < -0.3 is 20.3 Å². The van der Waals surface area contributed by atoms with Crippen molar-refractivity contribution in [1.82, 2.24) is 20.4 Å². The van der Waals surface area contributed by atoms with Crippen LogP contribution in [0.5, 0.6) is 11.6 Å². The van der Waals surface area contributed by atoms with Crippen LogP contribution in [-0.4, -0.2) is 27.6 Å². The molecule has 0 aliphatic rings. The van der Waals surface area contributed by atoms with Crippen molar-refractivity contribution in [1.29, 1.82) is 0 Å². The fourth-order valence-corrected chi connectivity index (χ4v) is 3.03. The number of aromatic nitrogens is 3. The van der Waals surface area contributed by atoms with Crippen LogP contribution < -0.4 is 15.8 Å². The summed E-state index contributed by atoms with van der Waals surface area (Å²) in [6.45, 7) is 1.23. The number of benzene rings is 2. The molecule has 0 aliphatic carbocycles. The highest BCUT2D eigenvalue weighted by atomic mass is 35.5. The Hall–Kier alpha value is -3.75. The summed E-state index contributed by atoms with van der Waals surface area (Å²) in [6, 6.07) is 18.2. The number of ether oxygens (including phenoxy) is 1. The Morgan fingerprint density at radius 3 is 2.53 bits per heavy atom. The van der Waals surface area contributed by atoms with E-state index in [0.717, 1.165) is 24.1 Å². The zero-order valence-corrected chi connectivity index (χ0v) is 17.7. The second-order valence-corrected chi connectivity index (χ2v) is 7.38. The van der Waals surface area contributed by atoms with Gasteiger partial charge in [-0.1, -0.05) is 28.9 Å². The summed E-state index contributed by atoms with van der Waals surface area (Å²) in [5.41, 5.74) is 7.54.